The molecule has 3 N–H and O–H groups in total. The Morgan fingerprint density at radius 3 is 3.00 bits per heavy atom. The molecule has 0 saturated carbocycles. The number of nitrogens with one attached hydrogen (secondary N) is 2. The number of hydrogen-bond acceptors (Lipinski definition) is 5. The summed E-state index contributed by atoms with van der Waals surface area (Å²) in [5, 5.41) is 16.2. The zero-order valence-electron chi connectivity index (χ0n) is 13.2. The Hall–Kier alpha value is -1.89. The van der Waals surface area contributed by atoms with Crippen molar-refractivity contribution in [3.8, 4) is 11.3 Å². The van der Waals surface area contributed by atoms with Gasteiger partial charge in [-0.25, -0.2) is 4.98 Å². The van der Waals surface area contributed by atoms with Crippen molar-refractivity contribution in [3.63, 3.8) is 0 Å². The van der Waals surface area contributed by atoms with Gasteiger partial charge in [0.1, 0.15) is 0 Å². The van der Waals surface area contributed by atoms with Crippen LogP contribution in [0.15, 0.2) is 34.9 Å². The van der Waals surface area contributed by atoms with Crippen LogP contribution in [0, 0.1) is 5.92 Å². The van der Waals surface area contributed by atoms with Crippen LogP contribution in [0.4, 0.5) is 0 Å². The molecule has 1 saturated heterocycles. The van der Waals surface area contributed by atoms with Crippen LogP contribution in [0.3, 0.4) is 0 Å². The Labute approximate surface area is 145 Å². The van der Waals surface area contributed by atoms with Gasteiger partial charge in [-0.05, 0) is 12.1 Å². The van der Waals surface area contributed by atoms with Gasteiger partial charge in [0.2, 0.25) is 5.91 Å². The molecule has 0 bridgehead atoms. The second kappa shape index (κ2) is 7.79. The number of nitrogens with zero attached hydrogens (tertiary/aromatic N) is 1. The van der Waals surface area contributed by atoms with E-state index in [1.807, 2.05) is 18.2 Å². The standard InChI is InChI=1S/C17H20ClN3O3/c18-13-4-2-1-3-12(13)15-10-21-17(24-15)6-5-16(23)20-8-11-7-19-9-14(11)22/h1-4,10-11,14,19,22H,5-9H2,(H,20,23). The van der Waals surface area contributed by atoms with Gasteiger partial charge in [0.05, 0.1) is 17.3 Å². The highest BCUT2D eigenvalue weighted by molar-refractivity contribution is 6.33. The van der Waals surface area contributed by atoms with Crippen molar-refractivity contribution < 1.29 is 14.3 Å². The van der Waals surface area contributed by atoms with Gasteiger partial charge in [0, 0.05) is 44.0 Å². The highest BCUT2D eigenvalue weighted by atomic mass is 35.5. The molecule has 1 aromatic carbocycles. The van der Waals surface area contributed by atoms with Crippen LogP contribution in [0.25, 0.3) is 11.3 Å². The van der Waals surface area contributed by atoms with E-state index in [0.29, 0.717) is 42.6 Å². The average Bonchev–Trinajstić information content (AvgIpc) is 3.20. The summed E-state index contributed by atoms with van der Waals surface area (Å²) in [6.07, 6.45) is 1.94. The van der Waals surface area contributed by atoms with Crippen molar-refractivity contribution >= 4 is 17.5 Å². The molecule has 2 unspecified atom stereocenters. The number of aromatic nitrogens is 1. The Morgan fingerprint density at radius 2 is 2.25 bits per heavy atom. The summed E-state index contributed by atoms with van der Waals surface area (Å²) >= 11 is 6.13. The third kappa shape index (κ3) is 4.14. The maximum atomic E-state index is 11.9. The summed E-state index contributed by atoms with van der Waals surface area (Å²) < 4.78 is 5.67. The Morgan fingerprint density at radius 1 is 1.42 bits per heavy atom. The maximum Gasteiger partial charge on any atom is 0.220 e. The zero-order chi connectivity index (χ0) is 16.9. The van der Waals surface area contributed by atoms with Crippen LogP contribution >= 0.6 is 11.6 Å². The van der Waals surface area contributed by atoms with Crippen molar-refractivity contribution in [1.29, 1.82) is 0 Å². The molecule has 7 heteroatoms. The molecule has 1 amide bonds. The lowest BCUT2D eigenvalue weighted by molar-refractivity contribution is -0.121. The number of β-amino-alcohol motifs (C(OH)–C–C–N with tert-alkyl or cyclic N) is 1. The number of aliphatic hydroxyl groups is 1. The molecule has 2 heterocycles. The maximum absolute atomic E-state index is 11.9. The second-order valence-electron chi connectivity index (χ2n) is 5.89. The van der Waals surface area contributed by atoms with E-state index < -0.39 is 6.10 Å². The molecule has 1 aliphatic rings. The minimum absolute atomic E-state index is 0.0718. The SMILES string of the molecule is O=C(CCc1ncc(-c2ccccc2Cl)o1)NCC1CNCC1O. The monoisotopic (exact) mass is 349 g/mol. The largest absolute Gasteiger partial charge is 0.441 e. The van der Waals surface area contributed by atoms with E-state index in [4.69, 9.17) is 16.0 Å². The molecule has 0 aliphatic carbocycles. The molecule has 0 spiro atoms. The Balaban J connectivity index is 1.48. The van der Waals surface area contributed by atoms with Gasteiger partial charge in [0.25, 0.3) is 0 Å². The molecular formula is C17H20ClN3O3. The molecule has 2 atom stereocenters. The first-order valence-electron chi connectivity index (χ1n) is 7.98. The summed E-state index contributed by atoms with van der Waals surface area (Å²) in [5.74, 6) is 1.09. The molecule has 24 heavy (non-hydrogen) atoms. The predicted molar refractivity (Wildman–Crippen MR) is 90.6 cm³/mol. The zero-order valence-corrected chi connectivity index (χ0v) is 13.9. The van der Waals surface area contributed by atoms with E-state index in [9.17, 15) is 9.90 Å². The smallest absolute Gasteiger partial charge is 0.220 e. The van der Waals surface area contributed by atoms with Gasteiger partial charge < -0.3 is 20.2 Å². The molecule has 2 aromatic rings. The number of hydrogen-bond donors (Lipinski definition) is 3. The molecule has 1 aromatic heterocycles. The normalized spacial score (nSPS) is 20.2. The van der Waals surface area contributed by atoms with E-state index in [-0.39, 0.29) is 11.8 Å². The van der Waals surface area contributed by atoms with Crippen LogP contribution in [0.1, 0.15) is 12.3 Å². The quantitative estimate of drug-likeness (QED) is 0.737. The number of aliphatic hydroxyl groups excluding tert-OH is 1. The predicted octanol–water partition coefficient (Wildman–Crippen LogP) is 1.62. The summed E-state index contributed by atoms with van der Waals surface area (Å²) in [6, 6.07) is 7.38. The Kier molecular flexibility index (Phi) is 5.50. The first kappa shape index (κ1) is 17.0. The lowest BCUT2D eigenvalue weighted by Gasteiger charge is -2.13. The van der Waals surface area contributed by atoms with Gasteiger partial charge in [-0.15, -0.1) is 0 Å². The summed E-state index contributed by atoms with van der Waals surface area (Å²) in [6.45, 7) is 1.79. The van der Waals surface area contributed by atoms with Crippen LogP contribution < -0.4 is 10.6 Å². The Bertz CT molecular complexity index is 704. The summed E-state index contributed by atoms with van der Waals surface area (Å²) in [4.78, 5) is 16.1. The topological polar surface area (TPSA) is 87.4 Å². The lowest BCUT2D eigenvalue weighted by atomic mass is 10.1. The van der Waals surface area contributed by atoms with Crippen molar-refractivity contribution in [2.24, 2.45) is 5.92 Å². The number of halogens is 1. The molecule has 6 nitrogen and oxygen atoms in total. The van der Waals surface area contributed by atoms with Crippen LogP contribution in [-0.2, 0) is 11.2 Å². The molecule has 0 radical (unpaired) electrons. The number of aryl methyl sites for hydroxylation is 1. The summed E-state index contributed by atoms with van der Waals surface area (Å²) in [7, 11) is 0. The van der Waals surface area contributed by atoms with E-state index >= 15 is 0 Å². The fourth-order valence-electron chi connectivity index (χ4n) is 2.69. The fourth-order valence-corrected chi connectivity index (χ4v) is 2.92. The van der Waals surface area contributed by atoms with Gasteiger partial charge >= 0.3 is 0 Å². The number of oxazole rings is 1. The van der Waals surface area contributed by atoms with E-state index in [2.05, 4.69) is 15.6 Å². The van der Waals surface area contributed by atoms with Crippen molar-refractivity contribution in [2.45, 2.75) is 18.9 Å². The van der Waals surface area contributed by atoms with Gasteiger partial charge in [-0.1, -0.05) is 23.7 Å². The van der Waals surface area contributed by atoms with E-state index in [0.717, 1.165) is 12.1 Å². The second-order valence-corrected chi connectivity index (χ2v) is 6.30. The first-order chi connectivity index (χ1) is 11.6. The number of carbonyl (C=O) groups excluding carboxylic acids is 1. The van der Waals surface area contributed by atoms with Crippen molar-refractivity contribution in [3.05, 3.63) is 41.4 Å². The minimum Gasteiger partial charge on any atom is -0.441 e. The minimum atomic E-state index is -0.393. The summed E-state index contributed by atoms with van der Waals surface area (Å²) in [5.41, 5.74) is 0.782. The molecule has 1 aliphatic heterocycles. The molecule has 3 rings (SSSR count). The van der Waals surface area contributed by atoms with Gasteiger partial charge in [-0.2, -0.15) is 0 Å². The van der Waals surface area contributed by atoms with Crippen LogP contribution in [-0.4, -0.2) is 41.7 Å². The van der Waals surface area contributed by atoms with Gasteiger partial charge in [0.15, 0.2) is 11.7 Å². The van der Waals surface area contributed by atoms with E-state index in [1.165, 1.54) is 0 Å². The highest BCUT2D eigenvalue weighted by Gasteiger charge is 2.24. The fraction of sp³-hybridized carbons (Fsp3) is 0.412. The lowest BCUT2D eigenvalue weighted by Crippen LogP contribution is -2.34. The number of carbonyl (C=O) groups is 1. The van der Waals surface area contributed by atoms with Crippen LogP contribution in [0.5, 0.6) is 0 Å². The highest BCUT2D eigenvalue weighted by Crippen LogP contribution is 2.28. The third-order valence-electron chi connectivity index (χ3n) is 4.12. The number of rotatable bonds is 6. The van der Waals surface area contributed by atoms with Gasteiger partial charge in [-0.3, -0.25) is 4.79 Å². The van der Waals surface area contributed by atoms with E-state index in [1.54, 1.807) is 12.3 Å². The third-order valence-corrected chi connectivity index (χ3v) is 4.45. The van der Waals surface area contributed by atoms with Crippen molar-refractivity contribution in [1.82, 2.24) is 15.6 Å². The number of amides is 1. The van der Waals surface area contributed by atoms with Crippen molar-refractivity contribution in [2.75, 3.05) is 19.6 Å². The molecular weight excluding hydrogens is 330 g/mol. The average molecular weight is 350 g/mol. The number of benzene rings is 1. The molecule has 128 valence electrons. The molecule has 1 fully saturated rings. The van der Waals surface area contributed by atoms with Crippen LogP contribution in [0.2, 0.25) is 5.02 Å². The first-order valence-corrected chi connectivity index (χ1v) is 8.36.